The van der Waals surface area contributed by atoms with Crippen molar-refractivity contribution in [3.8, 4) is 5.75 Å². The summed E-state index contributed by atoms with van der Waals surface area (Å²) in [7, 11) is 0. The van der Waals surface area contributed by atoms with Crippen molar-refractivity contribution in [3.63, 3.8) is 0 Å². The normalized spacial score (nSPS) is 17.1. The number of piperidine rings is 1. The van der Waals surface area contributed by atoms with E-state index in [4.69, 9.17) is 0 Å². The van der Waals surface area contributed by atoms with Crippen LogP contribution in [-0.4, -0.2) is 37.2 Å². The molecule has 0 aliphatic carbocycles. The van der Waals surface area contributed by atoms with Crippen molar-refractivity contribution in [1.82, 2.24) is 10.2 Å². The number of rotatable bonds is 7. The van der Waals surface area contributed by atoms with Crippen molar-refractivity contribution in [2.75, 3.05) is 19.6 Å². The van der Waals surface area contributed by atoms with E-state index in [1.165, 1.54) is 32.4 Å². The van der Waals surface area contributed by atoms with Crippen LogP contribution < -0.4 is 10.1 Å². The molecule has 1 fully saturated rings. The van der Waals surface area contributed by atoms with Gasteiger partial charge in [0.25, 0.3) is 0 Å². The first-order valence-corrected chi connectivity index (χ1v) is 7.63. The van der Waals surface area contributed by atoms with Gasteiger partial charge in [-0.3, -0.25) is 0 Å². The van der Waals surface area contributed by atoms with Crippen molar-refractivity contribution >= 4 is 12.4 Å². The van der Waals surface area contributed by atoms with Crippen LogP contribution in [0.15, 0.2) is 24.3 Å². The fraction of sp³-hybridized carbons (Fsp3) is 0.625. The van der Waals surface area contributed by atoms with E-state index in [2.05, 4.69) is 21.9 Å². The van der Waals surface area contributed by atoms with Gasteiger partial charge in [-0.25, -0.2) is 0 Å². The van der Waals surface area contributed by atoms with Crippen molar-refractivity contribution in [2.45, 2.75) is 45.4 Å². The summed E-state index contributed by atoms with van der Waals surface area (Å²) in [6.07, 6.45) is 3.96. The van der Waals surface area contributed by atoms with Gasteiger partial charge in [0.1, 0.15) is 5.75 Å². The predicted molar refractivity (Wildman–Crippen MR) is 86.9 cm³/mol. The van der Waals surface area contributed by atoms with Gasteiger partial charge >= 0.3 is 6.61 Å². The molecular formula is C16H25ClF2N2O. The van der Waals surface area contributed by atoms with E-state index in [9.17, 15) is 8.78 Å². The highest BCUT2D eigenvalue weighted by molar-refractivity contribution is 5.85. The van der Waals surface area contributed by atoms with Crippen LogP contribution in [0.25, 0.3) is 0 Å². The smallest absolute Gasteiger partial charge is 0.387 e. The number of benzene rings is 1. The summed E-state index contributed by atoms with van der Waals surface area (Å²) in [5.41, 5.74) is 1.07. The second kappa shape index (κ2) is 9.98. The molecule has 126 valence electrons. The molecule has 0 spiro atoms. The third kappa shape index (κ3) is 6.90. The molecule has 1 atom stereocenters. The van der Waals surface area contributed by atoms with Gasteiger partial charge in [0, 0.05) is 19.1 Å². The molecule has 2 rings (SSSR count). The van der Waals surface area contributed by atoms with E-state index in [-0.39, 0.29) is 18.2 Å². The average molecular weight is 335 g/mol. The van der Waals surface area contributed by atoms with E-state index in [1.54, 1.807) is 12.1 Å². The van der Waals surface area contributed by atoms with E-state index in [0.29, 0.717) is 6.04 Å². The zero-order chi connectivity index (χ0) is 15.1. The molecule has 1 aliphatic heterocycles. The lowest BCUT2D eigenvalue weighted by atomic mass is 10.1. The molecular weight excluding hydrogens is 310 g/mol. The van der Waals surface area contributed by atoms with Crippen LogP contribution in [0.4, 0.5) is 8.78 Å². The molecule has 0 bridgehead atoms. The molecule has 1 aromatic carbocycles. The standard InChI is InChI=1S/C16H24F2N2O.ClH/c1-13(12-20-9-3-2-4-10-20)19-11-14-5-7-15(8-6-14)21-16(17)18;/h5-8,13,16,19H,2-4,9-12H2,1H3;1H. The van der Waals surface area contributed by atoms with Crippen molar-refractivity contribution in [3.05, 3.63) is 29.8 Å². The molecule has 0 aromatic heterocycles. The molecule has 0 amide bonds. The fourth-order valence-corrected chi connectivity index (χ4v) is 2.67. The van der Waals surface area contributed by atoms with Crippen LogP contribution in [-0.2, 0) is 6.54 Å². The quantitative estimate of drug-likeness (QED) is 0.823. The number of hydrogen-bond acceptors (Lipinski definition) is 3. The molecule has 0 saturated carbocycles. The maximum Gasteiger partial charge on any atom is 0.387 e. The topological polar surface area (TPSA) is 24.5 Å². The number of halogens is 3. The zero-order valence-electron chi connectivity index (χ0n) is 12.9. The second-order valence-corrected chi connectivity index (χ2v) is 5.67. The number of ether oxygens (including phenoxy) is 1. The highest BCUT2D eigenvalue weighted by atomic mass is 35.5. The summed E-state index contributed by atoms with van der Waals surface area (Å²) in [5.74, 6) is 0.204. The molecule has 6 heteroatoms. The second-order valence-electron chi connectivity index (χ2n) is 5.67. The minimum absolute atomic E-state index is 0. The van der Waals surface area contributed by atoms with Crippen LogP contribution in [0, 0.1) is 0 Å². The molecule has 1 saturated heterocycles. The molecule has 1 N–H and O–H groups in total. The summed E-state index contributed by atoms with van der Waals surface area (Å²) in [5, 5.41) is 3.48. The Hall–Kier alpha value is -0.910. The Morgan fingerprint density at radius 2 is 1.77 bits per heavy atom. The van der Waals surface area contributed by atoms with E-state index >= 15 is 0 Å². The summed E-state index contributed by atoms with van der Waals surface area (Å²) in [4.78, 5) is 2.50. The predicted octanol–water partition coefficient (Wildman–Crippen LogP) is 3.67. The van der Waals surface area contributed by atoms with Crippen LogP contribution in [0.1, 0.15) is 31.7 Å². The molecule has 1 unspecified atom stereocenters. The van der Waals surface area contributed by atoms with Gasteiger partial charge < -0.3 is 15.0 Å². The summed E-state index contributed by atoms with van der Waals surface area (Å²) < 4.78 is 28.5. The number of nitrogens with one attached hydrogen (secondary N) is 1. The molecule has 0 radical (unpaired) electrons. The third-order valence-corrected chi connectivity index (χ3v) is 3.78. The summed E-state index contributed by atoms with van der Waals surface area (Å²) in [6, 6.07) is 7.22. The van der Waals surface area contributed by atoms with Gasteiger partial charge in [-0.1, -0.05) is 18.6 Å². The molecule has 1 heterocycles. The maximum absolute atomic E-state index is 12.1. The van der Waals surface area contributed by atoms with Crippen LogP contribution in [0.3, 0.4) is 0 Å². The summed E-state index contributed by atoms with van der Waals surface area (Å²) >= 11 is 0. The Bertz CT molecular complexity index is 411. The largest absolute Gasteiger partial charge is 0.435 e. The lowest BCUT2D eigenvalue weighted by Crippen LogP contribution is -2.41. The molecule has 22 heavy (non-hydrogen) atoms. The van der Waals surface area contributed by atoms with Gasteiger partial charge in [0.2, 0.25) is 0 Å². The average Bonchev–Trinajstić information content (AvgIpc) is 2.47. The Morgan fingerprint density at radius 3 is 2.36 bits per heavy atom. The van der Waals surface area contributed by atoms with Crippen LogP contribution >= 0.6 is 12.4 Å². The van der Waals surface area contributed by atoms with Gasteiger partial charge in [0.15, 0.2) is 0 Å². The summed E-state index contributed by atoms with van der Waals surface area (Å²) in [6.45, 7) is 3.62. The molecule has 1 aliphatic rings. The lowest BCUT2D eigenvalue weighted by Gasteiger charge is -2.29. The monoisotopic (exact) mass is 334 g/mol. The molecule has 3 nitrogen and oxygen atoms in total. The number of nitrogens with zero attached hydrogens (tertiary/aromatic N) is 1. The van der Waals surface area contributed by atoms with Gasteiger partial charge in [-0.2, -0.15) is 8.78 Å². The maximum atomic E-state index is 12.1. The zero-order valence-corrected chi connectivity index (χ0v) is 13.7. The molecule has 1 aromatic rings. The first-order chi connectivity index (χ1) is 10.1. The first kappa shape index (κ1) is 19.1. The Labute approximate surface area is 137 Å². The SMILES string of the molecule is CC(CN1CCCCC1)NCc1ccc(OC(F)F)cc1.Cl. The van der Waals surface area contributed by atoms with Crippen LogP contribution in [0.5, 0.6) is 5.75 Å². The van der Waals surface area contributed by atoms with Gasteiger partial charge in [0.05, 0.1) is 0 Å². The van der Waals surface area contributed by atoms with Crippen molar-refractivity contribution in [1.29, 1.82) is 0 Å². The highest BCUT2D eigenvalue weighted by Crippen LogP contribution is 2.15. The number of alkyl halides is 2. The van der Waals surface area contributed by atoms with E-state index in [0.717, 1.165) is 18.7 Å². The Kier molecular flexibility index (Phi) is 8.68. The van der Waals surface area contributed by atoms with Crippen molar-refractivity contribution in [2.24, 2.45) is 0 Å². The van der Waals surface area contributed by atoms with E-state index < -0.39 is 6.61 Å². The number of likely N-dealkylation sites (tertiary alicyclic amines) is 1. The minimum Gasteiger partial charge on any atom is -0.435 e. The van der Waals surface area contributed by atoms with Gasteiger partial charge in [-0.05, 0) is 50.6 Å². The first-order valence-electron chi connectivity index (χ1n) is 7.63. The minimum atomic E-state index is -2.77. The number of hydrogen-bond donors (Lipinski definition) is 1. The Morgan fingerprint density at radius 1 is 1.14 bits per heavy atom. The van der Waals surface area contributed by atoms with Crippen molar-refractivity contribution < 1.29 is 13.5 Å². The Balaban J connectivity index is 0.00000242. The van der Waals surface area contributed by atoms with Gasteiger partial charge in [-0.15, -0.1) is 12.4 Å². The van der Waals surface area contributed by atoms with Crippen LogP contribution in [0.2, 0.25) is 0 Å². The fourth-order valence-electron chi connectivity index (χ4n) is 2.67. The third-order valence-electron chi connectivity index (χ3n) is 3.78. The lowest BCUT2D eigenvalue weighted by molar-refractivity contribution is -0.0498. The highest BCUT2D eigenvalue weighted by Gasteiger charge is 2.13. The van der Waals surface area contributed by atoms with E-state index in [1.807, 2.05) is 12.1 Å².